The summed E-state index contributed by atoms with van der Waals surface area (Å²) in [6.45, 7) is 1.29. The summed E-state index contributed by atoms with van der Waals surface area (Å²) in [6.07, 6.45) is 11.7. The maximum atomic E-state index is 12.3. The van der Waals surface area contributed by atoms with Crippen molar-refractivity contribution in [3.63, 3.8) is 0 Å². The maximum absolute atomic E-state index is 12.3. The van der Waals surface area contributed by atoms with Crippen LogP contribution in [-0.4, -0.2) is 39.3 Å². The molecule has 1 aliphatic heterocycles. The molecule has 4 rings (SSSR count). The molecule has 2 amide bonds. The van der Waals surface area contributed by atoms with Gasteiger partial charge >= 0.3 is 6.03 Å². The third-order valence-electron chi connectivity index (χ3n) is 5.13. The molecule has 2 fully saturated rings. The molecule has 2 aliphatic rings. The van der Waals surface area contributed by atoms with Crippen molar-refractivity contribution in [2.24, 2.45) is 5.92 Å². The Balaban J connectivity index is 1.32. The molecule has 3 heterocycles. The summed E-state index contributed by atoms with van der Waals surface area (Å²) in [7, 11) is 0. The summed E-state index contributed by atoms with van der Waals surface area (Å²) < 4.78 is 7.60. The third-order valence-corrected chi connectivity index (χ3v) is 5.13. The predicted octanol–water partition coefficient (Wildman–Crippen LogP) is 2.02. The number of rotatable bonds is 4. The minimum Gasteiger partial charge on any atom is -0.378 e. The molecule has 7 heteroatoms. The van der Waals surface area contributed by atoms with E-state index in [4.69, 9.17) is 4.74 Å². The highest BCUT2D eigenvalue weighted by Gasteiger charge is 2.38. The van der Waals surface area contributed by atoms with Crippen LogP contribution in [0.5, 0.6) is 0 Å². The highest BCUT2D eigenvalue weighted by Crippen LogP contribution is 2.34. The van der Waals surface area contributed by atoms with Gasteiger partial charge in [-0.1, -0.05) is 0 Å². The second-order valence-electron chi connectivity index (χ2n) is 6.72. The number of imidazole rings is 1. The van der Waals surface area contributed by atoms with E-state index in [1.165, 1.54) is 0 Å². The number of hydrogen-bond donors (Lipinski definition) is 2. The minimum absolute atomic E-state index is 0.112. The van der Waals surface area contributed by atoms with Crippen LogP contribution in [0, 0.1) is 5.92 Å². The Kier molecular flexibility index (Phi) is 4.65. The third kappa shape index (κ3) is 3.66. The Morgan fingerprint density at radius 2 is 2.28 bits per heavy atom. The first-order valence-electron chi connectivity index (χ1n) is 8.89. The van der Waals surface area contributed by atoms with E-state index in [0.717, 1.165) is 43.7 Å². The van der Waals surface area contributed by atoms with Crippen LogP contribution >= 0.6 is 0 Å². The Labute approximate surface area is 146 Å². The number of urea groups is 1. The number of aromatic nitrogens is 3. The van der Waals surface area contributed by atoms with Gasteiger partial charge in [0, 0.05) is 43.7 Å². The van der Waals surface area contributed by atoms with Crippen molar-refractivity contribution < 1.29 is 9.53 Å². The summed E-state index contributed by atoms with van der Waals surface area (Å²) in [4.78, 5) is 20.6. The van der Waals surface area contributed by atoms with Gasteiger partial charge in [0.05, 0.1) is 6.10 Å². The van der Waals surface area contributed by atoms with E-state index >= 15 is 0 Å². The first kappa shape index (κ1) is 16.1. The SMILES string of the molecule is O=C(NCc1ccnc(-n2ccnc2)c1)N[C@@H]1CCC[C@@H]2OCC[C@@H]21. The molecule has 2 aromatic rings. The van der Waals surface area contributed by atoms with Gasteiger partial charge in [-0.2, -0.15) is 0 Å². The molecule has 132 valence electrons. The highest BCUT2D eigenvalue weighted by molar-refractivity contribution is 5.74. The van der Waals surface area contributed by atoms with E-state index in [0.29, 0.717) is 18.6 Å². The molecule has 7 nitrogen and oxygen atoms in total. The lowest BCUT2D eigenvalue weighted by Gasteiger charge is -2.33. The van der Waals surface area contributed by atoms with E-state index < -0.39 is 0 Å². The van der Waals surface area contributed by atoms with Crippen molar-refractivity contribution in [3.8, 4) is 5.82 Å². The summed E-state index contributed by atoms with van der Waals surface area (Å²) in [5, 5.41) is 6.10. The van der Waals surface area contributed by atoms with Crippen LogP contribution in [0.1, 0.15) is 31.2 Å². The number of nitrogens with one attached hydrogen (secondary N) is 2. The molecule has 1 aliphatic carbocycles. The molecule has 0 radical (unpaired) electrons. The standard InChI is InChI=1S/C18H23N5O2/c24-18(22-15-2-1-3-16-14(15)5-9-25-16)21-11-13-4-6-20-17(10-13)23-8-7-19-12-23/h4,6-8,10,12,14-16H,1-3,5,9,11H2,(H2,21,22,24)/t14-,15-,16+/m1/s1. The first-order chi connectivity index (χ1) is 12.3. The largest absolute Gasteiger partial charge is 0.378 e. The number of ether oxygens (including phenoxy) is 1. The second-order valence-corrected chi connectivity index (χ2v) is 6.72. The van der Waals surface area contributed by atoms with Crippen molar-refractivity contribution in [1.29, 1.82) is 0 Å². The lowest BCUT2D eigenvalue weighted by molar-refractivity contribution is 0.0549. The molecular formula is C18H23N5O2. The fourth-order valence-electron chi connectivity index (χ4n) is 3.86. The Morgan fingerprint density at radius 1 is 1.32 bits per heavy atom. The molecule has 2 aromatic heterocycles. The van der Waals surface area contributed by atoms with Crippen LogP contribution in [0.25, 0.3) is 5.82 Å². The Bertz CT molecular complexity index is 718. The predicted molar refractivity (Wildman–Crippen MR) is 92.2 cm³/mol. The topological polar surface area (TPSA) is 81.1 Å². The van der Waals surface area contributed by atoms with E-state index in [1.807, 2.05) is 22.9 Å². The van der Waals surface area contributed by atoms with Gasteiger partial charge in [-0.05, 0) is 43.4 Å². The van der Waals surface area contributed by atoms with E-state index in [1.54, 1.807) is 18.7 Å². The summed E-state index contributed by atoms with van der Waals surface area (Å²) in [6, 6.07) is 3.96. The summed E-state index contributed by atoms with van der Waals surface area (Å²) in [5.74, 6) is 1.25. The van der Waals surface area contributed by atoms with E-state index in [9.17, 15) is 4.79 Å². The zero-order valence-corrected chi connectivity index (χ0v) is 14.1. The number of carbonyl (C=O) groups is 1. The average Bonchev–Trinajstić information content (AvgIpc) is 3.32. The molecule has 3 atom stereocenters. The Morgan fingerprint density at radius 3 is 3.16 bits per heavy atom. The van der Waals surface area contributed by atoms with Crippen molar-refractivity contribution in [1.82, 2.24) is 25.2 Å². The van der Waals surface area contributed by atoms with E-state index in [2.05, 4.69) is 20.6 Å². The van der Waals surface area contributed by atoms with Crippen LogP contribution in [0.3, 0.4) is 0 Å². The van der Waals surface area contributed by atoms with Gasteiger partial charge in [-0.15, -0.1) is 0 Å². The quantitative estimate of drug-likeness (QED) is 0.891. The van der Waals surface area contributed by atoms with Gasteiger partial charge in [0.2, 0.25) is 0 Å². The van der Waals surface area contributed by atoms with Crippen LogP contribution < -0.4 is 10.6 Å². The second kappa shape index (κ2) is 7.23. The number of carbonyl (C=O) groups excluding carboxylic acids is 1. The normalized spacial score (nSPS) is 25.4. The van der Waals surface area contributed by atoms with Gasteiger partial charge in [-0.3, -0.25) is 4.57 Å². The van der Waals surface area contributed by atoms with Crippen molar-refractivity contribution in [2.45, 2.75) is 44.4 Å². The zero-order chi connectivity index (χ0) is 17.1. The number of hydrogen-bond acceptors (Lipinski definition) is 4. The minimum atomic E-state index is -0.112. The summed E-state index contributed by atoms with van der Waals surface area (Å²) in [5.41, 5.74) is 1.000. The van der Waals surface area contributed by atoms with Gasteiger partial charge in [0.1, 0.15) is 12.1 Å². The molecule has 0 unspecified atom stereocenters. The van der Waals surface area contributed by atoms with E-state index in [-0.39, 0.29) is 12.1 Å². The van der Waals surface area contributed by atoms with Crippen molar-refractivity contribution in [3.05, 3.63) is 42.6 Å². The van der Waals surface area contributed by atoms with Crippen LogP contribution in [0.15, 0.2) is 37.1 Å². The highest BCUT2D eigenvalue weighted by atomic mass is 16.5. The van der Waals surface area contributed by atoms with Gasteiger partial charge in [0.15, 0.2) is 0 Å². The molecule has 0 aromatic carbocycles. The number of fused-ring (bicyclic) bond motifs is 1. The van der Waals surface area contributed by atoms with Crippen LogP contribution in [0.2, 0.25) is 0 Å². The molecule has 0 bridgehead atoms. The number of nitrogens with zero attached hydrogens (tertiary/aromatic N) is 3. The molecule has 1 saturated carbocycles. The van der Waals surface area contributed by atoms with Crippen LogP contribution in [0.4, 0.5) is 4.79 Å². The lowest BCUT2D eigenvalue weighted by atomic mass is 9.82. The first-order valence-corrected chi connectivity index (χ1v) is 8.89. The monoisotopic (exact) mass is 341 g/mol. The lowest BCUT2D eigenvalue weighted by Crippen LogP contribution is -2.49. The fraction of sp³-hybridized carbons (Fsp3) is 0.500. The fourth-order valence-corrected chi connectivity index (χ4v) is 3.86. The Hall–Kier alpha value is -2.41. The van der Waals surface area contributed by atoms with Gasteiger partial charge in [-0.25, -0.2) is 14.8 Å². The average molecular weight is 341 g/mol. The number of amides is 2. The smallest absolute Gasteiger partial charge is 0.315 e. The molecule has 25 heavy (non-hydrogen) atoms. The van der Waals surface area contributed by atoms with Crippen molar-refractivity contribution in [2.75, 3.05) is 6.61 Å². The van der Waals surface area contributed by atoms with Gasteiger partial charge < -0.3 is 15.4 Å². The molecule has 2 N–H and O–H groups in total. The van der Waals surface area contributed by atoms with Crippen molar-refractivity contribution >= 4 is 6.03 Å². The van der Waals surface area contributed by atoms with Gasteiger partial charge in [0.25, 0.3) is 0 Å². The molecule has 1 saturated heterocycles. The number of pyridine rings is 1. The summed E-state index contributed by atoms with van der Waals surface area (Å²) >= 11 is 0. The molecular weight excluding hydrogens is 318 g/mol. The zero-order valence-electron chi connectivity index (χ0n) is 14.1. The van der Waals surface area contributed by atoms with Crippen LogP contribution in [-0.2, 0) is 11.3 Å². The molecule has 0 spiro atoms. The maximum Gasteiger partial charge on any atom is 0.315 e.